The van der Waals surface area contributed by atoms with Crippen LogP contribution in [0.15, 0.2) is 0 Å². The maximum absolute atomic E-state index is 10.9. The van der Waals surface area contributed by atoms with E-state index in [1.165, 1.54) is 0 Å². The Morgan fingerprint density at radius 3 is 2.67 bits per heavy atom. The molecule has 1 aliphatic rings. The second-order valence-corrected chi connectivity index (χ2v) is 4.74. The highest BCUT2D eigenvalue weighted by atomic mass is 35.5. The smallest absolute Gasteiger partial charge is 0.348 e. The number of aromatic nitrogens is 2. The normalized spacial score (nSPS) is 23.1. The summed E-state index contributed by atoms with van der Waals surface area (Å²) in [4.78, 5) is 17.6. The Morgan fingerprint density at radius 2 is 2.11 bits per heavy atom. The number of rotatable bonds is 3. The molecule has 2 rings (SSSR count). The lowest BCUT2D eigenvalue weighted by atomic mass is 10.2. The summed E-state index contributed by atoms with van der Waals surface area (Å²) in [6.07, 6.45) is 1.47. The number of nitro groups is 1. The van der Waals surface area contributed by atoms with Gasteiger partial charge in [-0.05, 0) is 30.9 Å². The van der Waals surface area contributed by atoms with Crippen LogP contribution in [0.5, 0.6) is 0 Å². The number of nitrogens with one attached hydrogen (secondary N) is 1. The second kappa shape index (κ2) is 5.21. The van der Waals surface area contributed by atoms with Crippen molar-refractivity contribution in [1.82, 2.24) is 9.97 Å². The van der Waals surface area contributed by atoms with E-state index in [-0.39, 0.29) is 22.3 Å². The monoisotopic (exact) mass is 292 g/mol. The number of anilines is 1. The van der Waals surface area contributed by atoms with Crippen LogP contribution in [0.2, 0.25) is 10.4 Å². The van der Waals surface area contributed by atoms with E-state index in [0.717, 1.165) is 0 Å². The highest BCUT2D eigenvalue weighted by molar-refractivity contribution is 6.33. The van der Waals surface area contributed by atoms with Gasteiger partial charge in [0.1, 0.15) is 0 Å². The average Bonchev–Trinajstić information content (AvgIpc) is 2.62. The SMILES string of the molecule is O=[N+]([O-])c1c(Cl)nc(Cl)nc1N[C@H]1CC[C@@H](O)C1. The Kier molecular flexibility index (Phi) is 3.84. The Bertz CT molecular complexity index is 485. The molecule has 1 heterocycles. The molecule has 18 heavy (non-hydrogen) atoms. The van der Waals surface area contributed by atoms with Gasteiger partial charge in [0.25, 0.3) is 0 Å². The van der Waals surface area contributed by atoms with Gasteiger partial charge in [-0.25, -0.2) is 0 Å². The molecule has 2 atom stereocenters. The summed E-state index contributed by atoms with van der Waals surface area (Å²) in [5, 5.41) is 22.7. The molecule has 0 bridgehead atoms. The molecule has 9 heteroatoms. The third-order valence-electron chi connectivity index (χ3n) is 2.74. The molecular formula is C9H10Cl2N4O3. The van der Waals surface area contributed by atoms with E-state index >= 15 is 0 Å². The standard InChI is InChI=1S/C9H10Cl2N4O3/c10-7-6(15(17)18)8(14-9(11)13-7)12-4-1-2-5(16)3-4/h4-5,16H,1-3H2,(H,12,13,14)/t4-,5+/m0/s1. The van der Waals surface area contributed by atoms with Crippen LogP contribution >= 0.6 is 23.2 Å². The van der Waals surface area contributed by atoms with Gasteiger partial charge >= 0.3 is 5.69 Å². The number of aliphatic hydroxyl groups is 1. The molecule has 1 aliphatic carbocycles. The Hall–Kier alpha value is -1.18. The Balaban J connectivity index is 2.28. The number of nitrogens with zero attached hydrogens (tertiary/aromatic N) is 3. The highest BCUT2D eigenvalue weighted by Crippen LogP contribution is 2.33. The predicted molar refractivity (Wildman–Crippen MR) is 66.0 cm³/mol. The van der Waals surface area contributed by atoms with E-state index in [1.807, 2.05) is 0 Å². The molecule has 0 aromatic carbocycles. The fourth-order valence-corrected chi connectivity index (χ4v) is 2.40. The predicted octanol–water partition coefficient (Wildman–Crippen LogP) is 2.02. The fraction of sp³-hybridized carbons (Fsp3) is 0.556. The minimum atomic E-state index is -0.660. The van der Waals surface area contributed by atoms with Crippen LogP contribution in [0.4, 0.5) is 11.5 Å². The van der Waals surface area contributed by atoms with Crippen molar-refractivity contribution in [3.63, 3.8) is 0 Å². The van der Waals surface area contributed by atoms with Crippen molar-refractivity contribution < 1.29 is 10.0 Å². The van der Waals surface area contributed by atoms with Crippen LogP contribution in [-0.2, 0) is 0 Å². The molecule has 0 spiro atoms. The van der Waals surface area contributed by atoms with Gasteiger partial charge in [0, 0.05) is 6.04 Å². The van der Waals surface area contributed by atoms with Gasteiger partial charge < -0.3 is 10.4 Å². The van der Waals surface area contributed by atoms with Crippen LogP contribution in [-0.4, -0.2) is 32.1 Å². The maximum atomic E-state index is 10.9. The zero-order chi connectivity index (χ0) is 13.3. The summed E-state index contributed by atoms with van der Waals surface area (Å²) in [5.41, 5.74) is -0.401. The van der Waals surface area contributed by atoms with E-state index in [2.05, 4.69) is 15.3 Å². The molecule has 1 saturated carbocycles. The summed E-state index contributed by atoms with van der Waals surface area (Å²) in [7, 11) is 0. The summed E-state index contributed by atoms with van der Waals surface area (Å²) >= 11 is 11.3. The first-order valence-electron chi connectivity index (χ1n) is 5.29. The average molecular weight is 293 g/mol. The Morgan fingerprint density at radius 1 is 1.39 bits per heavy atom. The lowest BCUT2D eigenvalue weighted by Crippen LogP contribution is -2.18. The highest BCUT2D eigenvalue weighted by Gasteiger charge is 2.28. The molecular weight excluding hydrogens is 283 g/mol. The lowest BCUT2D eigenvalue weighted by Gasteiger charge is -2.13. The Labute approximate surface area is 112 Å². The minimum Gasteiger partial charge on any atom is -0.393 e. The van der Waals surface area contributed by atoms with Crippen molar-refractivity contribution in [1.29, 1.82) is 0 Å². The second-order valence-electron chi connectivity index (χ2n) is 4.05. The molecule has 1 aromatic heterocycles. The van der Waals surface area contributed by atoms with E-state index < -0.39 is 16.7 Å². The van der Waals surface area contributed by atoms with Gasteiger partial charge in [-0.1, -0.05) is 11.6 Å². The van der Waals surface area contributed by atoms with E-state index in [0.29, 0.717) is 19.3 Å². The third kappa shape index (κ3) is 2.80. The number of aliphatic hydroxyl groups excluding tert-OH is 1. The molecule has 7 nitrogen and oxygen atoms in total. The zero-order valence-corrected chi connectivity index (χ0v) is 10.6. The van der Waals surface area contributed by atoms with Crippen molar-refractivity contribution >= 4 is 34.7 Å². The molecule has 0 unspecified atom stereocenters. The quantitative estimate of drug-likeness (QED) is 0.382. The van der Waals surface area contributed by atoms with Crippen molar-refractivity contribution in [3.8, 4) is 0 Å². The van der Waals surface area contributed by atoms with E-state index in [9.17, 15) is 15.2 Å². The molecule has 1 aromatic rings. The third-order valence-corrected chi connectivity index (χ3v) is 3.18. The fourth-order valence-electron chi connectivity index (χ4n) is 1.95. The zero-order valence-electron chi connectivity index (χ0n) is 9.14. The van der Waals surface area contributed by atoms with Crippen LogP contribution in [0, 0.1) is 10.1 Å². The number of hydrogen-bond acceptors (Lipinski definition) is 6. The van der Waals surface area contributed by atoms with Crippen molar-refractivity contribution in [3.05, 3.63) is 20.6 Å². The van der Waals surface area contributed by atoms with Crippen molar-refractivity contribution in [2.24, 2.45) is 0 Å². The molecule has 2 N–H and O–H groups in total. The van der Waals surface area contributed by atoms with Gasteiger partial charge in [0.05, 0.1) is 11.0 Å². The molecule has 0 saturated heterocycles. The number of halogens is 2. The molecule has 0 amide bonds. The summed E-state index contributed by atoms with van der Waals surface area (Å²) in [6.45, 7) is 0. The molecule has 0 radical (unpaired) electrons. The lowest BCUT2D eigenvalue weighted by molar-refractivity contribution is -0.384. The topological polar surface area (TPSA) is 101 Å². The summed E-state index contributed by atoms with van der Waals surface area (Å²) in [6, 6.07) is -0.0827. The minimum absolute atomic E-state index is 0.0101. The van der Waals surface area contributed by atoms with Crippen molar-refractivity contribution in [2.45, 2.75) is 31.4 Å². The van der Waals surface area contributed by atoms with Crippen LogP contribution < -0.4 is 5.32 Å². The van der Waals surface area contributed by atoms with Crippen molar-refractivity contribution in [2.75, 3.05) is 5.32 Å². The van der Waals surface area contributed by atoms with Crippen LogP contribution in [0.25, 0.3) is 0 Å². The van der Waals surface area contributed by atoms with Gasteiger partial charge in [0.2, 0.25) is 16.3 Å². The molecule has 98 valence electrons. The van der Waals surface area contributed by atoms with Gasteiger partial charge in [-0.15, -0.1) is 0 Å². The first kappa shape index (κ1) is 13.3. The summed E-state index contributed by atoms with van der Waals surface area (Å²) < 4.78 is 0. The van der Waals surface area contributed by atoms with Crippen LogP contribution in [0.3, 0.4) is 0 Å². The van der Waals surface area contributed by atoms with Crippen LogP contribution in [0.1, 0.15) is 19.3 Å². The molecule has 0 aliphatic heterocycles. The van der Waals surface area contributed by atoms with Gasteiger partial charge in [-0.2, -0.15) is 9.97 Å². The first-order valence-corrected chi connectivity index (χ1v) is 6.05. The largest absolute Gasteiger partial charge is 0.393 e. The molecule has 1 fully saturated rings. The van der Waals surface area contributed by atoms with E-state index in [1.54, 1.807) is 0 Å². The summed E-state index contributed by atoms with van der Waals surface area (Å²) in [5.74, 6) is -0.0101. The number of hydrogen-bond donors (Lipinski definition) is 2. The van der Waals surface area contributed by atoms with Gasteiger partial charge in [-0.3, -0.25) is 10.1 Å². The maximum Gasteiger partial charge on any atom is 0.348 e. The first-order chi connectivity index (χ1) is 8.47. The van der Waals surface area contributed by atoms with E-state index in [4.69, 9.17) is 23.2 Å². The van der Waals surface area contributed by atoms with Gasteiger partial charge in [0.15, 0.2) is 0 Å².